The summed E-state index contributed by atoms with van der Waals surface area (Å²) in [6.07, 6.45) is 5.46. The van der Waals surface area contributed by atoms with Gasteiger partial charge in [0, 0.05) is 31.2 Å². The highest BCUT2D eigenvalue weighted by Gasteiger charge is 2.23. The molecule has 0 spiro atoms. The average molecular weight is 249 g/mol. The SMILES string of the molecule is CN(c1cc(NCC(C)(C)N)ncn1)C1CCC1. The van der Waals surface area contributed by atoms with Crippen molar-refractivity contribution < 1.29 is 0 Å². The summed E-state index contributed by atoms with van der Waals surface area (Å²) in [5, 5.41) is 3.25. The highest BCUT2D eigenvalue weighted by Crippen LogP contribution is 2.27. The van der Waals surface area contributed by atoms with Crippen LogP contribution in [0, 0.1) is 0 Å². The highest BCUT2D eigenvalue weighted by atomic mass is 15.2. The number of nitrogens with zero attached hydrogens (tertiary/aromatic N) is 3. The third-order valence-corrected chi connectivity index (χ3v) is 3.36. The smallest absolute Gasteiger partial charge is 0.134 e. The van der Waals surface area contributed by atoms with E-state index in [2.05, 4.69) is 27.2 Å². The molecule has 1 aliphatic rings. The molecule has 0 amide bonds. The molecule has 0 unspecified atom stereocenters. The monoisotopic (exact) mass is 249 g/mol. The number of rotatable bonds is 5. The molecule has 1 aromatic heterocycles. The normalized spacial score (nSPS) is 16.2. The molecule has 0 aromatic carbocycles. The van der Waals surface area contributed by atoms with E-state index in [9.17, 15) is 0 Å². The number of hydrogen-bond donors (Lipinski definition) is 2. The predicted octanol–water partition coefficient (Wildman–Crippen LogP) is 1.61. The van der Waals surface area contributed by atoms with Gasteiger partial charge >= 0.3 is 0 Å². The second-order valence-corrected chi connectivity index (χ2v) is 5.80. The summed E-state index contributed by atoms with van der Waals surface area (Å²) >= 11 is 0. The van der Waals surface area contributed by atoms with Gasteiger partial charge in [0.05, 0.1) is 0 Å². The summed E-state index contributed by atoms with van der Waals surface area (Å²) in [5.41, 5.74) is 5.70. The molecule has 2 rings (SSSR count). The third kappa shape index (κ3) is 3.32. The van der Waals surface area contributed by atoms with E-state index in [0.717, 1.165) is 11.6 Å². The first-order chi connectivity index (χ1) is 8.46. The van der Waals surface area contributed by atoms with Crippen LogP contribution in [0.15, 0.2) is 12.4 Å². The highest BCUT2D eigenvalue weighted by molar-refractivity contribution is 5.49. The first-order valence-corrected chi connectivity index (χ1v) is 6.53. The fourth-order valence-corrected chi connectivity index (χ4v) is 1.92. The minimum absolute atomic E-state index is 0.245. The molecule has 0 radical (unpaired) electrons. The minimum Gasteiger partial charge on any atom is -0.368 e. The van der Waals surface area contributed by atoms with Crippen molar-refractivity contribution >= 4 is 11.6 Å². The van der Waals surface area contributed by atoms with E-state index in [1.54, 1.807) is 6.33 Å². The number of anilines is 2. The Morgan fingerprint density at radius 1 is 1.44 bits per heavy atom. The lowest BCUT2D eigenvalue weighted by atomic mass is 9.92. The van der Waals surface area contributed by atoms with E-state index in [1.165, 1.54) is 19.3 Å². The quantitative estimate of drug-likeness (QED) is 0.830. The van der Waals surface area contributed by atoms with Gasteiger partial charge in [-0.2, -0.15) is 0 Å². The van der Waals surface area contributed by atoms with Crippen molar-refractivity contribution in [2.75, 3.05) is 23.8 Å². The zero-order valence-corrected chi connectivity index (χ0v) is 11.5. The van der Waals surface area contributed by atoms with Gasteiger partial charge in [0.25, 0.3) is 0 Å². The summed E-state index contributed by atoms with van der Waals surface area (Å²) in [4.78, 5) is 10.8. The zero-order chi connectivity index (χ0) is 13.2. The maximum Gasteiger partial charge on any atom is 0.134 e. The van der Waals surface area contributed by atoms with E-state index in [0.29, 0.717) is 12.6 Å². The molecule has 1 fully saturated rings. The van der Waals surface area contributed by atoms with Crippen LogP contribution < -0.4 is 16.0 Å². The molecule has 1 saturated carbocycles. The fraction of sp³-hybridized carbons (Fsp3) is 0.692. The van der Waals surface area contributed by atoms with Gasteiger partial charge in [-0.25, -0.2) is 9.97 Å². The van der Waals surface area contributed by atoms with E-state index < -0.39 is 0 Å². The minimum atomic E-state index is -0.245. The van der Waals surface area contributed by atoms with Crippen LogP contribution >= 0.6 is 0 Å². The summed E-state index contributed by atoms with van der Waals surface area (Å²) in [5.74, 6) is 1.82. The van der Waals surface area contributed by atoms with Crippen molar-refractivity contribution in [3.63, 3.8) is 0 Å². The summed E-state index contributed by atoms with van der Waals surface area (Å²) in [6, 6.07) is 2.63. The van der Waals surface area contributed by atoms with E-state index in [4.69, 9.17) is 5.73 Å². The van der Waals surface area contributed by atoms with Gasteiger partial charge in [-0.05, 0) is 33.1 Å². The predicted molar refractivity (Wildman–Crippen MR) is 74.8 cm³/mol. The second-order valence-electron chi connectivity index (χ2n) is 5.80. The van der Waals surface area contributed by atoms with Crippen molar-refractivity contribution in [2.45, 2.75) is 44.7 Å². The molecule has 5 nitrogen and oxygen atoms in total. The van der Waals surface area contributed by atoms with Crippen molar-refractivity contribution in [2.24, 2.45) is 5.73 Å². The van der Waals surface area contributed by atoms with Crippen LogP contribution in [-0.4, -0.2) is 35.1 Å². The first-order valence-electron chi connectivity index (χ1n) is 6.53. The van der Waals surface area contributed by atoms with Crippen LogP contribution in [0.4, 0.5) is 11.6 Å². The van der Waals surface area contributed by atoms with Gasteiger partial charge in [0.1, 0.15) is 18.0 Å². The van der Waals surface area contributed by atoms with Crippen LogP contribution in [0.25, 0.3) is 0 Å². The fourth-order valence-electron chi connectivity index (χ4n) is 1.92. The van der Waals surface area contributed by atoms with Crippen molar-refractivity contribution in [3.8, 4) is 0 Å². The molecule has 1 aliphatic carbocycles. The largest absolute Gasteiger partial charge is 0.368 e. The van der Waals surface area contributed by atoms with Gasteiger partial charge in [-0.3, -0.25) is 0 Å². The molecule has 0 saturated heterocycles. The Labute approximate surface area is 109 Å². The molecule has 5 heteroatoms. The van der Waals surface area contributed by atoms with Gasteiger partial charge in [-0.15, -0.1) is 0 Å². The van der Waals surface area contributed by atoms with Crippen LogP contribution in [0.3, 0.4) is 0 Å². The number of hydrogen-bond acceptors (Lipinski definition) is 5. The lowest BCUT2D eigenvalue weighted by Crippen LogP contribution is -2.40. The summed E-state index contributed by atoms with van der Waals surface area (Å²) < 4.78 is 0. The molecule has 0 bridgehead atoms. The molecular weight excluding hydrogens is 226 g/mol. The number of nitrogens with one attached hydrogen (secondary N) is 1. The Kier molecular flexibility index (Phi) is 3.71. The average Bonchev–Trinajstić information content (AvgIpc) is 2.23. The van der Waals surface area contributed by atoms with E-state index in [-0.39, 0.29) is 5.54 Å². The van der Waals surface area contributed by atoms with Crippen LogP contribution in [0.1, 0.15) is 33.1 Å². The topological polar surface area (TPSA) is 67.1 Å². The van der Waals surface area contributed by atoms with E-state index >= 15 is 0 Å². The van der Waals surface area contributed by atoms with Crippen molar-refractivity contribution in [1.82, 2.24) is 9.97 Å². The number of nitrogens with two attached hydrogens (primary N) is 1. The number of aromatic nitrogens is 2. The summed E-state index contributed by atoms with van der Waals surface area (Å²) in [7, 11) is 2.10. The molecule has 1 heterocycles. The van der Waals surface area contributed by atoms with Crippen LogP contribution in [-0.2, 0) is 0 Å². The third-order valence-electron chi connectivity index (χ3n) is 3.36. The van der Waals surface area contributed by atoms with Gasteiger partial charge in [0.15, 0.2) is 0 Å². The molecule has 0 aliphatic heterocycles. The standard InChI is InChI=1S/C13H23N5/c1-13(2,14)8-15-11-7-12(17-9-16-11)18(3)10-5-4-6-10/h7,9-10H,4-6,8,14H2,1-3H3,(H,15,16,17). The van der Waals surface area contributed by atoms with Crippen LogP contribution in [0.2, 0.25) is 0 Å². The Hall–Kier alpha value is -1.36. The van der Waals surface area contributed by atoms with Gasteiger partial charge < -0.3 is 16.0 Å². The Bertz CT molecular complexity index is 395. The van der Waals surface area contributed by atoms with Crippen LogP contribution in [0.5, 0.6) is 0 Å². The zero-order valence-electron chi connectivity index (χ0n) is 11.5. The Balaban J connectivity index is 2.00. The second kappa shape index (κ2) is 5.10. The van der Waals surface area contributed by atoms with Crippen molar-refractivity contribution in [1.29, 1.82) is 0 Å². The Morgan fingerprint density at radius 2 is 2.17 bits per heavy atom. The lowest BCUT2D eigenvalue weighted by Gasteiger charge is -2.35. The molecule has 0 atom stereocenters. The maximum atomic E-state index is 5.94. The van der Waals surface area contributed by atoms with Gasteiger partial charge in [-0.1, -0.05) is 0 Å². The molecular formula is C13H23N5. The summed E-state index contributed by atoms with van der Waals surface area (Å²) in [6.45, 7) is 4.67. The molecule has 3 N–H and O–H groups in total. The molecule has 100 valence electrons. The first kappa shape index (κ1) is 13.1. The Morgan fingerprint density at radius 3 is 2.72 bits per heavy atom. The molecule has 1 aromatic rings. The molecule has 18 heavy (non-hydrogen) atoms. The van der Waals surface area contributed by atoms with Crippen molar-refractivity contribution in [3.05, 3.63) is 12.4 Å². The maximum absolute atomic E-state index is 5.94. The lowest BCUT2D eigenvalue weighted by molar-refractivity contribution is 0.399. The van der Waals surface area contributed by atoms with E-state index in [1.807, 2.05) is 19.9 Å². The van der Waals surface area contributed by atoms with Gasteiger partial charge in [0.2, 0.25) is 0 Å².